The summed E-state index contributed by atoms with van der Waals surface area (Å²) in [5, 5.41) is 12.1. The Morgan fingerprint density at radius 1 is 1.11 bits per heavy atom. The molecule has 0 saturated carbocycles. The van der Waals surface area contributed by atoms with Crippen LogP contribution in [0, 0.1) is 5.82 Å². The predicted molar refractivity (Wildman–Crippen MR) is 140 cm³/mol. The van der Waals surface area contributed by atoms with Gasteiger partial charge in [-0.1, -0.05) is 18.2 Å². The normalized spacial score (nSPS) is 17.2. The molecule has 1 aliphatic heterocycles. The molecule has 3 aromatic rings. The Kier molecular flexibility index (Phi) is 7.51. The quantitative estimate of drug-likeness (QED) is 0.498. The smallest absolute Gasteiger partial charge is 0.252 e. The van der Waals surface area contributed by atoms with E-state index in [4.69, 9.17) is 0 Å². The molecule has 1 amide bonds. The van der Waals surface area contributed by atoms with Crippen LogP contribution in [-0.2, 0) is 20.4 Å². The second kappa shape index (κ2) is 10.3. The number of rotatable bonds is 7. The first-order valence-electron chi connectivity index (χ1n) is 11.6. The number of piperazine rings is 1. The highest BCUT2D eigenvalue weighted by Gasteiger charge is 2.36. The standard InChI is InChI=1S/C26H30FN3O4S2/c1-19(31)30(23-12-8-21(27)9-13-23)18-24-17-28(36(33,34)25-5-4-16-35-25)14-15-29(24)22-10-6-20(7-11-22)26(2,3)32/h4-13,16,24,32H,14-15,17-18H2,1-3H3/t24-/m1/s1. The first-order chi connectivity index (χ1) is 17.0. The van der Waals surface area contributed by atoms with Crippen molar-refractivity contribution in [1.29, 1.82) is 0 Å². The maximum Gasteiger partial charge on any atom is 0.252 e. The summed E-state index contributed by atoms with van der Waals surface area (Å²) in [5.41, 5.74) is 1.18. The Hall–Kier alpha value is -2.79. The van der Waals surface area contributed by atoms with Crippen molar-refractivity contribution in [3.05, 3.63) is 77.4 Å². The van der Waals surface area contributed by atoms with Gasteiger partial charge in [-0.25, -0.2) is 12.8 Å². The zero-order valence-corrected chi connectivity index (χ0v) is 22.1. The molecule has 1 saturated heterocycles. The van der Waals surface area contributed by atoms with E-state index < -0.39 is 21.4 Å². The van der Waals surface area contributed by atoms with Gasteiger partial charge < -0.3 is 14.9 Å². The highest BCUT2D eigenvalue weighted by molar-refractivity contribution is 7.91. The molecule has 0 aliphatic carbocycles. The molecule has 2 heterocycles. The van der Waals surface area contributed by atoms with Gasteiger partial charge in [-0.15, -0.1) is 11.3 Å². The highest BCUT2D eigenvalue weighted by atomic mass is 32.2. The number of hydrogen-bond acceptors (Lipinski definition) is 6. The summed E-state index contributed by atoms with van der Waals surface area (Å²) in [7, 11) is -3.67. The van der Waals surface area contributed by atoms with Crippen LogP contribution >= 0.6 is 11.3 Å². The molecule has 7 nitrogen and oxygen atoms in total. The number of sulfonamides is 1. The van der Waals surface area contributed by atoms with E-state index in [1.165, 1.54) is 34.7 Å². The van der Waals surface area contributed by atoms with E-state index in [0.717, 1.165) is 11.3 Å². The number of thiophene rings is 1. The summed E-state index contributed by atoms with van der Waals surface area (Å²) >= 11 is 1.18. The number of carbonyl (C=O) groups excluding carboxylic acids is 1. The Balaban J connectivity index is 1.67. The summed E-state index contributed by atoms with van der Waals surface area (Å²) < 4.78 is 41.8. The number of anilines is 2. The molecule has 192 valence electrons. The second-order valence-corrected chi connectivity index (χ2v) is 12.5. The SMILES string of the molecule is CC(=O)N(C[C@H]1CN(S(=O)(=O)c2cccs2)CCN1c1ccc(C(C)(C)O)cc1)c1ccc(F)cc1. The molecular weight excluding hydrogens is 501 g/mol. The summed E-state index contributed by atoms with van der Waals surface area (Å²) in [4.78, 5) is 16.3. The van der Waals surface area contributed by atoms with Gasteiger partial charge in [-0.05, 0) is 67.3 Å². The monoisotopic (exact) mass is 531 g/mol. The summed E-state index contributed by atoms with van der Waals surface area (Å²) in [6.07, 6.45) is 0. The van der Waals surface area contributed by atoms with Crippen LogP contribution in [0.1, 0.15) is 26.3 Å². The van der Waals surface area contributed by atoms with Gasteiger partial charge in [-0.2, -0.15) is 4.31 Å². The minimum Gasteiger partial charge on any atom is -0.386 e. The minimum atomic E-state index is -3.67. The molecule has 2 aromatic carbocycles. The van der Waals surface area contributed by atoms with Crippen LogP contribution in [0.4, 0.5) is 15.8 Å². The van der Waals surface area contributed by atoms with Crippen molar-refractivity contribution in [3.63, 3.8) is 0 Å². The average Bonchev–Trinajstić information content (AvgIpc) is 3.39. The van der Waals surface area contributed by atoms with Crippen molar-refractivity contribution < 1.29 is 22.7 Å². The van der Waals surface area contributed by atoms with Crippen molar-refractivity contribution in [1.82, 2.24) is 4.31 Å². The lowest BCUT2D eigenvalue weighted by molar-refractivity contribution is -0.116. The van der Waals surface area contributed by atoms with E-state index >= 15 is 0 Å². The number of carbonyl (C=O) groups is 1. The van der Waals surface area contributed by atoms with Crippen molar-refractivity contribution >= 4 is 38.6 Å². The number of benzene rings is 2. The molecule has 10 heteroatoms. The molecule has 1 aromatic heterocycles. The zero-order valence-electron chi connectivity index (χ0n) is 20.5. The first-order valence-corrected chi connectivity index (χ1v) is 14.0. The number of aliphatic hydroxyl groups is 1. The van der Waals surface area contributed by atoms with Crippen LogP contribution in [0.3, 0.4) is 0 Å². The number of nitrogens with zero attached hydrogens (tertiary/aromatic N) is 3. The van der Waals surface area contributed by atoms with Crippen molar-refractivity contribution in [2.45, 2.75) is 36.6 Å². The highest BCUT2D eigenvalue weighted by Crippen LogP contribution is 2.30. The maximum absolute atomic E-state index is 13.5. The van der Waals surface area contributed by atoms with Crippen LogP contribution in [0.25, 0.3) is 0 Å². The van der Waals surface area contributed by atoms with Gasteiger partial charge >= 0.3 is 0 Å². The Bertz CT molecular complexity index is 1290. The van der Waals surface area contributed by atoms with Crippen LogP contribution in [-0.4, -0.2) is 56.0 Å². The molecule has 0 bridgehead atoms. The lowest BCUT2D eigenvalue weighted by atomic mass is 9.98. The lowest BCUT2D eigenvalue weighted by Gasteiger charge is -2.43. The summed E-state index contributed by atoms with van der Waals surface area (Å²) in [5.74, 6) is -0.626. The van der Waals surface area contributed by atoms with E-state index in [0.29, 0.717) is 18.8 Å². The molecule has 1 atom stereocenters. The zero-order chi connectivity index (χ0) is 26.1. The van der Waals surface area contributed by atoms with Crippen LogP contribution < -0.4 is 9.80 Å². The maximum atomic E-state index is 13.5. The topological polar surface area (TPSA) is 81.2 Å². The largest absolute Gasteiger partial charge is 0.386 e. The van der Waals surface area contributed by atoms with Gasteiger partial charge in [0.25, 0.3) is 10.0 Å². The Morgan fingerprint density at radius 3 is 2.33 bits per heavy atom. The van der Waals surface area contributed by atoms with Gasteiger partial charge in [0.2, 0.25) is 5.91 Å². The Labute approximate surface area is 215 Å². The summed E-state index contributed by atoms with van der Waals surface area (Å²) in [6, 6.07) is 16.1. The van der Waals surface area contributed by atoms with E-state index in [-0.39, 0.29) is 29.2 Å². The van der Waals surface area contributed by atoms with Gasteiger partial charge in [0.15, 0.2) is 0 Å². The Morgan fingerprint density at radius 2 is 1.78 bits per heavy atom. The van der Waals surface area contributed by atoms with E-state index in [1.54, 1.807) is 48.4 Å². The van der Waals surface area contributed by atoms with E-state index in [1.807, 2.05) is 24.3 Å². The molecule has 36 heavy (non-hydrogen) atoms. The molecule has 1 fully saturated rings. The lowest BCUT2D eigenvalue weighted by Crippen LogP contribution is -2.58. The van der Waals surface area contributed by atoms with Crippen molar-refractivity contribution in [3.8, 4) is 0 Å². The van der Waals surface area contributed by atoms with E-state index in [2.05, 4.69) is 4.90 Å². The molecule has 0 radical (unpaired) electrons. The third kappa shape index (κ3) is 5.62. The van der Waals surface area contributed by atoms with Gasteiger partial charge in [-0.3, -0.25) is 4.79 Å². The fourth-order valence-electron chi connectivity index (χ4n) is 4.39. The van der Waals surface area contributed by atoms with E-state index in [9.17, 15) is 22.7 Å². The molecule has 1 N–H and O–H groups in total. The van der Waals surface area contributed by atoms with Crippen molar-refractivity contribution in [2.24, 2.45) is 0 Å². The fraction of sp³-hybridized carbons (Fsp3) is 0.346. The number of hydrogen-bond donors (Lipinski definition) is 1. The number of amides is 1. The van der Waals surface area contributed by atoms with Gasteiger partial charge in [0, 0.05) is 44.5 Å². The molecule has 1 aliphatic rings. The van der Waals surface area contributed by atoms with Crippen molar-refractivity contribution in [2.75, 3.05) is 36.0 Å². The van der Waals surface area contributed by atoms with Crippen LogP contribution in [0.5, 0.6) is 0 Å². The molecule has 0 spiro atoms. The molecular formula is C26H30FN3O4S2. The summed E-state index contributed by atoms with van der Waals surface area (Å²) in [6.45, 7) is 5.98. The van der Waals surface area contributed by atoms with Crippen LogP contribution in [0.2, 0.25) is 0 Å². The fourth-order valence-corrected chi connectivity index (χ4v) is 7.00. The second-order valence-electron chi connectivity index (χ2n) is 9.35. The molecule has 4 rings (SSSR count). The molecule has 0 unspecified atom stereocenters. The third-order valence-corrected chi connectivity index (χ3v) is 9.59. The minimum absolute atomic E-state index is 0.179. The average molecular weight is 532 g/mol. The first kappa shape index (κ1) is 26.3. The number of halogens is 1. The van der Waals surface area contributed by atoms with Crippen LogP contribution in [0.15, 0.2) is 70.3 Å². The van der Waals surface area contributed by atoms with Gasteiger partial charge in [0.05, 0.1) is 11.6 Å². The van der Waals surface area contributed by atoms with Gasteiger partial charge in [0.1, 0.15) is 10.0 Å². The predicted octanol–water partition coefficient (Wildman–Crippen LogP) is 4.05. The third-order valence-electron chi connectivity index (χ3n) is 6.35.